The van der Waals surface area contributed by atoms with Crippen LogP contribution in [0, 0.1) is 0 Å². The number of benzene rings is 1. The minimum Gasteiger partial charge on any atom is -0.316 e. The van der Waals surface area contributed by atoms with Crippen molar-refractivity contribution < 1.29 is 0 Å². The Hall–Kier alpha value is -1.13. The first-order valence-electron chi connectivity index (χ1n) is 6.27. The lowest BCUT2D eigenvalue weighted by atomic mass is 10.2. The molecule has 1 saturated carbocycles. The molecule has 3 rings (SSSR count). The number of rotatable bonds is 4. The van der Waals surface area contributed by atoms with Gasteiger partial charge < -0.3 is 5.32 Å². The Morgan fingerprint density at radius 2 is 2.22 bits per heavy atom. The summed E-state index contributed by atoms with van der Waals surface area (Å²) in [5.74, 6) is 0.707. The molecular formula is C14H16BrN3. The predicted molar refractivity (Wildman–Crippen MR) is 76.0 cm³/mol. The van der Waals surface area contributed by atoms with E-state index in [-0.39, 0.29) is 0 Å². The first-order chi connectivity index (χ1) is 8.78. The maximum atomic E-state index is 4.64. The Morgan fingerprint density at radius 3 is 2.89 bits per heavy atom. The Balaban J connectivity index is 1.88. The standard InChI is InChI=1S/C14H16BrN3/c1-16-9-11-4-5-12(8-13(11)15)18-7-6-14(17-18)10-2-3-10/h4-8,10,16H,2-3,9H2,1H3. The van der Waals surface area contributed by atoms with Gasteiger partial charge in [0.1, 0.15) is 0 Å². The van der Waals surface area contributed by atoms with Crippen molar-refractivity contribution in [1.82, 2.24) is 15.1 Å². The molecule has 1 heterocycles. The Labute approximate surface area is 115 Å². The molecule has 0 amide bonds. The van der Waals surface area contributed by atoms with Crippen LogP contribution < -0.4 is 5.32 Å². The van der Waals surface area contributed by atoms with Crippen LogP contribution in [0.3, 0.4) is 0 Å². The smallest absolute Gasteiger partial charge is 0.0659 e. The fourth-order valence-electron chi connectivity index (χ4n) is 2.09. The fraction of sp³-hybridized carbons (Fsp3) is 0.357. The van der Waals surface area contributed by atoms with Crippen molar-refractivity contribution in [2.45, 2.75) is 25.3 Å². The number of hydrogen-bond donors (Lipinski definition) is 1. The third-order valence-electron chi connectivity index (χ3n) is 3.27. The van der Waals surface area contributed by atoms with Gasteiger partial charge in [-0.2, -0.15) is 5.10 Å². The second kappa shape index (κ2) is 4.86. The highest BCUT2D eigenvalue weighted by Gasteiger charge is 2.25. The normalized spacial score (nSPS) is 15.0. The lowest BCUT2D eigenvalue weighted by Crippen LogP contribution is -2.06. The Morgan fingerprint density at radius 1 is 1.39 bits per heavy atom. The van der Waals surface area contributed by atoms with Gasteiger partial charge in [0.2, 0.25) is 0 Å². The van der Waals surface area contributed by atoms with Crippen molar-refractivity contribution in [2.24, 2.45) is 0 Å². The second-order valence-corrected chi connectivity index (χ2v) is 5.62. The molecule has 18 heavy (non-hydrogen) atoms. The number of nitrogens with zero attached hydrogens (tertiary/aromatic N) is 2. The lowest BCUT2D eigenvalue weighted by molar-refractivity contribution is 0.808. The highest BCUT2D eigenvalue weighted by Crippen LogP contribution is 2.39. The zero-order valence-corrected chi connectivity index (χ0v) is 11.9. The molecule has 0 unspecified atom stereocenters. The van der Waals surface area contributed by atoms with Gasteiger partial charge in [-0.05, 0) is 43.7 Å². The van der Waals surface area contributed by atoms with Crippen LogP contribution in [0.25, 0.3) is 5.69 Å². The molecule has 0 atom stereocenters. The van der Waals surface area contributed by atoms with E-state index in [2.05, 4.69) is 50.6 Å². The van der Waals surface area contributed by atoms with E-state index in [4.69, 9.17) is 0 Å². The summed E-state index contributed by atoms with van der Waals surface area (Å²) in [4.78, 5) is 0. The topological polar surface area (TPSA) is 29.9 Å². The largest absolute Gasteiger partial charge is 0.316 e. The van der Waals surface area contributed by atoms with E-state index >= 15 is 0 Å². The monoisotopic (exact) mass is 305 g/mol. The number of nitrogens with one attached hydrogen (secondary N) is 1. The van der Waals surface area contributed by atoms with E-state index in [0.29, 0.717) is 5.92 Å². The van der Waals surface area contributed by atoms with Gasteiger partial charge in [-0.25, -0.2) is 4.68 Å². The molecule has 2 aromatic rings. The van der Waals surface area contributed by atoms with Crippen molar-refractivity contribution in [3.05, 3.63) is 46.2 Å². The first kappa shape index (κ1) is 11.9. The summed E-state index contributed by atoms with van der Waals surface area (Å²) in [6, 6.07) is 8.50. The molecule has 0 aliphatic heterocycles. The SMILES string of the molecule is CNCc1ccc(-n2ccc(C3CC3)n2)cc1Br. The van der Waals surface area contributed by atoms with E-state index in [0.717, 1.165) is 16.7 Å². The second-order valence-electron chi connectivity index (χ2n) is 4.77. The number of aromatic nitrogens is 2. The van der Waals surface area contributed by atoms with Gasteiger partial charge in [0, 0.05) is 23.1 Å². The van der Waals surface area contributed by atoms with Crippen molar-refractivity contribution >= 4 is 15.9 Å². The van der Waals surface area contributed by atoms with Crippen molar-refractivity contribution in [2.75, 3.05) is 7.05 Å². The van der Waals surface area contributed by atoms with Crippen molar-refractivity contribution in [3.8, 4) is 5.69 Å². The molecule has 0 saturated heterocycles. The molecule has 1 aromatic carbocycles. The maximum absolute atomic E-state index is 4.64. The van der Waals surface area contributed by atoms with E-state index in [1.807, 2.05) is 17.9 Å². The molecule has 0 bridgehead atoms. The molecule has 1 aliphatic carbocycles. The van der Waals surface area contributed by atoms with Crippen molar-refractivity contribution in [1.29, 1.82) is 0 Å². The Kier molecular flexibility index (Phi) is 3.22. The van der Waals surface area contributed by atoms with E-state index < -0.39 is 0 Å². The van der Waals surface area contributed by atoms with Crippen LogP contribution >= 0.6 is 15.9 Å². The summed E-state index contributed by atoms with van der Waals surface area (Å²) in [5.41, 5.74) is 3.59. The average molecular weight is 306 g/mol. The molecule has 0 spiro atoms. The van der Waals surface area contributed by atoms with Gasteiger partial charge in [0.25, 0.3) is 0 Å². The van der Waals surface area contributed by atoms with Gasteiger partial charge in [-0.15, -0.1) is 0 Å². The van der Waals surface area contributed by atoms with Gasteiger partial charge in [0.15, 0.2) is 0 Å². The van der Waals surface area contributed by atoms with Gasteiger partial charge in [-0.3, -0.25) is 0 Å². The highest BCUT2D eigenvalue weighted by atomic mass is 79.9. The average Bonchev–Trinajstić information content (AvgIpc) is 3.10. The third-order valence-corrected chi connectivity index (χ3v) is 4.01. The highest BCUT2D eigenvalue weighted by molar-refractivity contribution is 9.10. The van der Waals surface area contributed by atoms with Crippen LogP contribution in [0.15, 0.2) is 34.9 Å². The van der Waals surface area contributed by atoms with Gasteiger partial charge in [0.05, 0.1) is 11.4 Å². The lowest BCUT2D eigenvalue weighted by Gasteiger charge is -2.07. The number of halogens is 1. The fourth-order valence-corrected chi connectivity index (χ4v) is 2.60. The van der Waals surface area contributed by atoms with E-state index in [1.165, 1.54) is 24.1 Å². The van der Waals surface area contributed by atoms with Crippen LogP contribution in [0.4, 0.5) is 0 Å². The number of hydrogen-bond acceptors (Lipinski definition) is 2. The molecule has 1 aliphatic rings. The summed E-state index contributed by atoms with van der Waals surface area (Å²) in [7, 11) is 1.95. The van der Waals surface area contributed by atoms with Crippen LogP contribution in [-0.2, 0) is 6.54 Å². The minimum absolute atomic E-state index is 0.707. The predicted octanol–water partition coefficient (Wildman–Crippen LogP) is 3.23. The summed E-state index contributed by atoms with van der Waals surface area (Å²) >= 11 is 3.61. The molecule has 1 N–H and O–H groups in total. The Bertz CT molecular complexity index is 558. The minimum atomic E-state index is 0.707. The molecular weight excluding hydrogens is 290 g/mol. The van der Waals surface area contributed by atoms with Gasteiger partial charge >= 0.3 is 0 Å². The van der Waals surface area contributed by atoms with Gasteiger partial charge in [-0.1, -0.05) is 22.0 Å². The molecule has 4 heteroatoms. The van der Waals surface area contributed by atoms with E-state index in [9.17, 15) is 0 Å². The van der Waals surface area contributed by atoms with E-state index in [1.54, 1.807) is 0 Å². The molecule has 94 valence electrons. The van der Waals surface area contributed by atoms with Crippen LogP contribution in [-0.4, -0.2) is 16.8 Å². The molecule has 0 radical (unpaired) electrons. The maximum Gasteiger partial charge on any atom is 0.0659 e. The summed E-state index contributed by atoms with van der Waals surface area (Å²) in [6.45, 7) is 0.868. The summed E-state index contributed by atoms with van der Waals surface area (Å²) < 4.78 is 3.08. The first-order valence-corrected chi connectivity index (χ1v) is 7.06. The summed E-state index contributed by atoms with van der Waals surface area (Å²) in [6.07, 6.45) is 4.64. The molecule has 1 aromatic heterocycles. The zero-order chi connectivity index (χ0) is 12.5. The molecule has 3 nitrogen and oxygen atoms in total. The van der Waals surface area contributed by atoms with Crippen LogP contribution in [0.2, 0.25) is 0 Å². The van der Waals surface area contributed by atoms with Crippen LogP contribution in [0.5, 0.6) is 0 Å². The quantitative estimate of drug-likeness (QED) is 0.940. The third kappa shape index (κ3) is 2.35. The van der Waals surface area contributed by atoms with Crippen molar-refractivity contribution in [3.63, 3.8) is 0 Å². The molecule has 1 fully saturated rings. The zero-order valence-electron chi connectivity index (χ0n) is 10.4. The summed E-state index contributed by atoms with van der Waals surface area (Å²) in [5, 5.41) is 7.80. The van der Waals surface area contributed by atoms with Crippen LogP contribution in [0.1, 0.15) is 30.0 Å².